The van der Waals surface area contributed by atoms with E-state index < -0.39 is 11.6 Å². The van der Waals surface area contributed by atoms with Crippen LogP contribution >= 0.6 is 11.6 Å². The van der Waals surface area contributed by atoms with Crippen molar-refractivity contribution in [1.29, 1.82) is 0 Å². The van der Waals surface area contributed by atoms with Gasteiger partial charge in [0.2, 0.25) is 5.91 Å². The number of aryl methyl sites for hydroxylation is 1. The molecule has 5 nitrogen and oxygen atoms in total. The van der Waals surface area contributed by atoms with Crippen LogP contribution in [-0.2, 0) is 17.9 Å². The van der Waals surface area contributed by atoms with E-state index in [0.717, 1.165) is 23.8 Å². The smallest absolute Gasteiger partial charge is 0.266 e. The number of aromatic nitrogens is 2. The van der Waals surface area contributed by atoms with Crippen molar-refractivity contribution in [3.8, 4) is 11.3 Å². The molecule has 1 amide bonds. The summed E-state index contributed by atoms with van der Waals surface area (Å²) in [4.78, 5) is 24.0. The van der Waals surface area contributed by atoms with Crippen molar-refractivity contribution in [1.82, 2.24) is 15.1 Å². The van der Waals surface area contributed by atoms with E-state index in [1.165, 1.54) is 10.7 Å². The second-order valence-electron chi connectivity index (χ2n) is 6.09. The van der Waals surface area contributed by atoms with E-state index in [0.29, 0.717) is 16.3 Å². The molecule has 0 bridgehead atoms. The van der Waals surface area contributed by atoms with E-state index in [1.54, 1.807) is 30.3 Å². The minimum atomic E-state index is -0.709. The molecule has 8 heteroatoms. The van der Waals surface area contributed by atoms with Crippen LogP contribution in [0.4, 0.5) is 8.78 Å². The minimum absolute atomic E-state index is 0.00518. The fourth-order valence-electron chi connectivity index (χ4n) is 2.59. The number of benzene rings is 2. The highest BCUT2D eigenvalue weighted by molar-refractivity contribution is 6.30. The SMILES string of the molecule is O=C(CCn1nc(-c2ccc(Cl)cc2)ccc1=O)NCc1cc(F)cc(F)c1. The Bertz CT molecular complexity index is 1030. The first kappa shape index (κ1) is 19.7. The van der Waals surface area contributed by atoms with E-state index in [1.807, 2.05) is 0 Å². The van der Waals surface area contributed by atoms with Crippen molar-refractivity contribution in [2.45, 2.75) is 19.5 Å². The van der Waals surface area contributed by atoms with Crippen LogP contribution in [0.1, 0.15) is 12.0 Å². The van der Waals surface area contributed by atoms with Gasteiger partial charge in [0.15, 0.2) is 0 Å². The zero-order valence-electron chi connectivity index (χ0n) is 14.7. The fraction of sp³-hybridized carbons (Fsp3) is 0.150. The van der Waals surface area contributed by atoms with E-state index in [9.17, 15) is 18.4 Å². The highest BCUT2D eigenvalue weighted by Gasteiger charge is 2.08. The molecular formula is C20H16ClF2N3O2. The van der Waals surface area contributed by atoms with Crippen LogP contribution < -0.4 is 10.9 Å². The number of nitrogens with zero attached hydrogens (tertiary/aromatic N) is 2. The highest BCUT2D eigenvalue weighted by atomic mass is 35.5. The van der Waals surface area contributed by atoms with Crippen molar-refractivity contribution < 1.29 is 13.6 Å². The number of nitrogens with one attached hydrogen (secondary N) is 1. The van der Waals surface area contributed by atoms with Crippen molar-refractivity contribution in [2.24, 2.45) is 0 Å². The lowest BCUT2D eigenvalue weighted by Crippen LogP contribution is -2.28. The molecule has 144 valence electrons. The second-order valence-corrected chi connectivity index (χ2v) is 6.53. The zero-order chi connectivity index (χ0) is 20.1. The highest BCUT2D eigenvalue weighted by Crippen LogP contribution is 2.18. The number of halogens is 3. The predicted octanol–water partition coefficient (Wildman–Crippen LogP) is 3.55. The zero-order valence-corrected chi connectivity index (χ0v) is 15.4. The summed E-state index contributed by atoms with van der Waals surface area (Å²) in [5, 5.41) is 7.42. The molecule has 1 N–H and O–H groups in total. The minimum Gasteiger partial charge on any atom is -0.352 e. The molecule has 3 aromatic rings. The molecular weight excluding hydrogens is 388 g/mol. The number of carbonyl (C=O) groups excluding carboxylic acids is 1. The van der Waals surface area contributed by atoms with Gasteiger partial charge in [-0.05, 0) is 35.9 Å². The Morgan fingerprint density at radius 1 is 1.04 bits per heavy atom. The third-order valence-corrected chi connectivity index (χ3v) is 4.22. The van der Waals surface area contributed by atoms with Crippen LogP contribution in [0.15, 0.2) is 59.4 Å². The van der Waals surface area contributed by atoms with Crippen LogP contribution in [0.25, 0.3) is 11.3 Å². The Morgan fingerprint density at radius 2 is 1.71 bits per heavy atom. The van der Waals surface area contributed by atoms with Crippen LogP contribution in [-0.4, -0.2) is 15.7 Å². The van der Waals surface area contributed by atoms with Gasteiger partial charge in [-0.1, -0.05) is 23.7 Å². The van der Waals surface area contributed by atoms with Crippen LogP contribution in [0.3, 0.4) is 0 Å². The van der Waals surface area contributed by atoms with Crippen LogP contribution in [0, 0.1) is 11.6 Å². The largest absolute Gasteiger partial charge is 0.352 e. The lowest BCUT2D eigenvalue weighted by Gasteiger charge is -2.08. The molecule has 0 saturated heterocycles. The lowest BCUT2D eigenvalue weighted by molar-refractivity contribution is -0.121. The maximum Gasteiger partial charge on any atom is 0.266 e. The first-order valence-corrected chi connectivity index (χ1v) is 8.84. The van der Waals surface area contributed by atoms with Crippen molar-refractivity contribution in [3.63, 3.8) is 0 Å². The Kier molecular flexibility index (Phi) is 6.16. The van der Waals surface area contributed by atoms with Crippen molar-refractivity contribution >= 4 is 17.5 Å². The summed E-state index contributed by atoms with van der Waals surface area (Å²) in [6.45, 7) is 0.0598. The molecule has 0 unspecified atom stereocenters. The molecule has 3 rings (SSSR count). The molecule has 0 aliphatic heterocycles. The Balaban J connectivity index is 1.62. The summed E-state index contributed by atoms with van der Waals surface area (Å²) >= 11 is 5.87. The van der Waals surface area contributed by atoms with Gasteiger partial charge in [-0.2, -0.15) is 5.10 Å². The molecule has 1 heterocycles. The summed E-state index contributed by atoms with van der Waals surface area (Å²) in [7, 11) is 0. The third-order valence-electron chi connectivity index (χ3n) is 3.97. The summed E-state index contributed by atoms with van der Waals surface area (Å²) in [6.07, 6.45) is -0.00518. The molecule has 0 saturated carbocycles. The number of hydrogen-bond donors (Lipinski definition) is 1. The van der Waals surface area contributed by atoms with Crippen molar-refractivity contribution in [2.75, 3.05) is 0 Å². The van der Waals surface area contributed by atoms with Gasteiger partial charge in [0.1, 0.15) is 11.6 Å². The summed E-state index contributed by atoms with van der Waals surface area (Å²) in [6, 6.07) is 13.0. The van der Waals surface area contributed by atoms with Gasteiger partial charge < -0.3 is 5.32 Å². The maximum atomic E-state index is 13.2. The van der Waals surface area contributed by atoms with Gasteiger partial charge in [-0.3, -0.25) is 9.59 Å². The van der Waals surface area contributed by atoms with Gasteiger partial charge in [0, 0.05) is 35.7 Å². The first-order chi connectivity index (χ1) is 13.4. The Hall–Kier alpha value is -3.06. The maximum absolute atomic E-state index is 13.2. The van der Waals surface area contributed by atoms with E-state index in [2.05, 4.69) is 10.4 Å². The van der Waals surface area contributed by atoms with E-state index in [-0.39, 0.29) is 31.0 Å². The van der Waals surface area contributed by atoms with Crippen LogP contribution in [0.2, 0.25) is 5.02 Å². The monoisotopic (exact) mass is 403 g/mol. The average molecular weight is 404 g/mol. The number of rotatable bonds is 6. The fourth-order valence-corrected chi connectivity index (χ4v) is 2.72. The van der Waals surface area contributed by atoms with E-state index in [4.69, 9.17) is 11.6 Å². The third kappa shape index (κ3) is 5.23. The lowest BCUT2D eigenvalue weighted by atomic mass is 10.1. The summed E-state index contributed by atoms with van der Waals surface area (Å²) in [5.74, 6) is -1.78. The molecule has 0 aliphatic rings. The first-order valence-electron chi connectivity index (χ1n) is 8.46. The van der Waals surface area contributed by atoms with Crippen molar-refractivity contribution in [3.05, 3.63) is 87.2 Å². The van der Waals surface area contributed by atoms with Gasteiger partial charge in [-0.15, -0.1) is 0 Å². The average Bonchev–Trinajstić information content (AvgIpc) is 2.66. The summed E-state index contributed by atoms with van der Waals surface area (Å²) in [5.41, 5.74) is 1.34. The normalized spacial score (nSPS) is 10.7. The van der Waals surface area contributed by atoms with Gasteiger partial charge in [0.25, 0.3) is 5.56 Å². The van der Waals surface area contributed by atoms with Gasteiger partial charge in [0.05, 0.1) is 12.2 Å². The molecule has 2 aromatic carbocycles. The molecule has 1 aromatic heterocycles. The molecule has 0 aliphatic carbocycles. The molecule has 28 heavy (non-hydrogen) atoms. The van der Waals surface area contributed by atoms with Crippen LogP contribution in [0.5, 0.6) is 0 Å². The Morgan fingerprint density at radius 3 is 2.39 bits per heavy atom. The Labute approximate surface area is 164 Å². The second kappa shape index (κ2) is 8.75. The predicted molar refractivity (Wildman–Crippen MR) is 102 cm³/mol. The number of hydrogen-bond acceptors (Lipinski definition) is 3. The standard InChI is InChI=1S/C20H16ClF2N3O2/c21-15-3-1-14(2-4-15)18-5-6-20(28)26(25-18)8-7-19(27)24-12-13-9-16(22)11-17(23)10-13/h1-6,9-11H,7-8,12H2,(H,24,27). The summed E-state index contributed by atoms with van der Waals surface area (Å²) < 4.78 is 27.5. The number of carbonyl (C=O) groups is 1. The molecule has 0 radical (unpaired) electrons. The van der Waals surface area contributed by atoms with Gasteiger partial charge >= 0.3 is 0 Å². The van der Waals surface area contributed by atoms with E-state index >= 15 is 0 Å². The molecule has 0 spiro atoms. The quantitative estimate of drug-likeness (QED) is 0.684. The number of amides is 1. The topological polar surface area (TPSA) is 64.0 Å². The van der Waals surface area contributed by atoms with Gasteiger partial charge in [-0.25, -0.2) is 13.5 Å². The molecule has 0 fully saturated rings. The molecule has 0 atom stereocenters.